The Labute approximate surface area is 123 Å². The first kappa shape index (κ1) is 13.4. The topological polar surface area (TPSA) is 26.0 Å². The van der Waals surface area contributed by atoms with Gasteiger partial charge in [0, 0.05) is 11.3 Å². The number of benzene rings is 3. The Morgan fingerprint density at radius 2 is 1.33 bits per heavy atom. The van der Waals surface area contributed by atoms with Crippen LogP contribution in [0.4, 0.5) is 10.1 Å². The van der Waals surface area contributed by atoms with Gasteiger partial charge in [-0.05, 0) is 41.3 Å². The third-order valence-corrected chi connectivity index (χ3v) is 3.66. The molecule has 3 aromatic carbocycles. The molecule has 0 aliphatic heterocycles. The molecule has 0 radical (unpaired) electrons. The number of halogens is 1. The highest BCUT2D eigenvalue weighted by Gasteiger charge is 2.08. The van der Waals surface area contributed by atoms with Crippen LogP contribution in [0, 0.1) is 12.7 Å². The Morgan fingerprint density at radius 1 is 0.762 bits per heavy atom. The molecule has 1 nitrogen and oxygen atoms in total. The maximum Gasteiger partial charge on any atom is 0.131 e. The molecule has 2 heteroatoms. The van der Waals surface area contributed by atoms with E-state index in [1.807, 2.05) is 42.5 Å². The van der Waals surface area contributed by atoms with Crippen molar-refractivity contribution in [1.82, 2.24) is 0 Å². The SMILES string of the molecule is Cc1cc(F)c(-c2ccc(-c3ccccc3)cc2)cc1N. The van der Waals surface area contributed by atoms with E-state index in [-0.39, 0.29) is 5.82 Å². The van der Waals surface area contributed by atoms with Crippen molar-refractivity contribution in [3.05, 3.63) is 78.1 Å². The van der Waals surface area contributed by atoms with Gasteiger partial charge in [-0.2, -0.15) is 0 Å². The van der Waals surface area contributed by atoms with Crippen LogP contribution in [0.25, 0.3) is 22.3 Å². The third-order valence-electron chi connectivity index (χ3n) is 3.66. The van der Waals surface area contributed by atoms with Crippen molar-refractivity contribution >= 4 is 5.69 Å². The lowest BCUT2D eigenvalue weighted by Gasteiger charge is -2.09. The second kappa shape index (κ2) is 5.41. The van der Waals surface area contributed by atoms with E-state index < -0.39 is 0 Å². The van der Waals surface area contributed by atoms with Crippen LogP contribution >= 0.6 is 0 Å². The summed E-state index contributed by atoms with van der Waals surface area (Å²) in [4.78, 5) is 0. The minimum Gasteiger partial charge on any atom is -0.398 e. The van der Waals surface area contributed by atoms with Gasteiger partial charge in [-0.25, -0.2) is 4.39 Å². The van der Waals surface area contributed by atoms with Crippen LogP contribution in [0.15, 0.2) is 66.7 Å². The van der Waals surface area contributed by atoms with Gasteiger partial charge in [-0.3, -0.25) is 0 Å². The fraction of sp³-hybridized carbons (Fsp3) is 0.0526. The Hall–Kier alpha value is -2.61. The standard InChI is InChI=1S/C19H16FN/c1-13-11-18(20)17(12-19(13)21)16-9-7-15(8-10-16)14-5-3-2-4-6-14/h2-12H,21H2,1H3. The van der Waals surface area contributed by atoms with Crippen LogP contribution in [0.1, 0.15) is 5.56 Å². The highest BCUT2D eigenvalue weighted by molar-refractivity contribution is 5.73. The molecule has 3 rings (SSSR count). The van der Waals surface area contributed by atoms with Gasteiger partial charge < -0.3 is 5.73 Å². The van der Waals surface area contributed by atoms with Gasteiger partial charge in [0.15, 0.2) is 0 Å². The summed E-state index contributed by atoms with van der Waals surface area (Å²) in [5.74, 6) is -0.242. The summed E-state index contributed by atoms with van der Waals surface area (Å²) >= 11 is 0. The molecule has 21 heavy (non-hydrogen) atoms. The molecule has 0 aliphatic rings. The van der Waals surface area contributed by atoms with Crippen molar-refractivity contribution in [2.24, 2.45) is 0 Å². The number of nitrogens with two attached hydrogens (primary N) is 1. The zero-order valence-corrected chi connectivity index (χ0v) is 11.8. The zero-order chi connectivity index (χ0) is 14.8. The Kier molecular flexibility index (Phi) is 3.44. The molecule has 3 aromatic rings. The normalized spacial score (nSPS) is 10.6. The Morgan fingerprint density at radius 3 is 2.00 bits per heavy atom. The summed E-state index contributed by atoms with van der Waals surface area (Å²) in [5, 5.41) is 0. The quantitative estimate of drug-likeness (QED) is 0.652. The lowest BCUT2D eigenvalue weighted by atomic mass is 9.98. The number of nitrogen functional groups attached to an aromatic ring is 1. The van der Waals surface area contributed by atoms with E-state index in [1.165, 1.54) is 6.07 Å². The van der Waals surface area contributed by atoms with Gasteiger partial charge in [0.2, 0.25) is 0 Å². The molecule has 0 bridgehead atoms. The molecule has 0 saturated carbocycles. The lowest BCUT2D eigenvalue weighted by Crippen LogP contribution is -1.93. The summed E-state index contributed by atoms with van der Waals surface area (Å²) < 4.78 is 14.1. The number of anilines is 1. The zero-order valence-electron chi connectivity index (χ0n) is 11.8. The Balaban J connectivity index is 2.00. The molecule has 0 unspecified atom stereocenters. The van der Waals surface area contributed by atoms with Crippen LogP contribution < -0.4 is 5.73 Å². The summed E-state index contributed by atoms with van der Waals surface area (Å²) in [6.07, 6.45) is 0. The fourth-order valence-electron chi connectivity index (χ4n) is 2.38. The number of rotatable bonds is 2. The monoisotopic (exact) mass is 277 g/mol. The molecular formula is C19H16FN. The minimum atomic E-state index is -0.242. The molecule has 0 atom stereocenters. The second-order valence-corrected chi connectivity index (χ2v) is 5.13. The van der Waals surface area contributed by atoms with Crippen molar-refractivity contribution in [2.45, 2.75) is 6.92 Å². The predicted octanol–water partition coefficient (Wildman–Crippen LogP) is 5.05. The average molecular weight is 277 g/mol. The van der Waals surface area contributed by atoms with E-state index >= 15 is 0 Å². The van der Waals surface area contributed by atoms with Crippen molar-refractivity contribution in [3.8, 4) is 22.3 Å². The molecule has 0 spiro atoms. The molecule has 0 amide bonds. The molecule has 0 heterocycles. The van der Waals surface area contributed by atoms with Gasteiger partial charge in [-0.15, -0.1) is 0 Å². The van der Waals surface area contributed by atoms with Crippen LogP contribution in [0.5, 0.6) is 0 Å². The van der Waals surface area contributed by atoms with Crippen LogP contribution in [0.2, 0.25) is 0 Å². The summed E-state index contributed by atoms with van der Waals surface area (Å²) in [6, 6.07) is 21.1. The van der Waals surface area contributed by atoms with E-state index in [9.17, 15) is 4.39 Å². The summed E-state index contributed by atoms with van der Waals surface area (Å²) in [5.41, 5.74) is 10.9. The first-order valence-corrected chi connectivity index (χ1v) is 6.86. The first-order chi connectivity index (χ1) is 10.1. The van der Waals surface area contributed by atoms with Crippen molar-refractivity contribution in [2.75, 3.05) is 5.73 Å². The molecule has 0 aliphatic carbocycles. The van der Waals surface area contributed by atoms with Crippen LogP contribution in [-0.4, -0.2) is 0 Å². The summed E-state index contributed by atoms with van der Waals surface area (Å²) in [7, 11) is 0. The molecule has 0 aromatic heterocycles. The maximum absolute atomic E-state index is 14.1. The second-order valence-electron chi connectivity index (χ2n) is 5.13. The molecule has 104 valence electrons. The van der Waals surface area contributed by atoms with Crippen molar-refractivity contribution < 1.29 is 4.39 Å². The highest BCUT2D eigenvalue weighted by atomic mass is 19.1. The first-order valence-electron chi connectivity index (χ1n) is 6.86. The van der Waals surface area contributed by atoms with Gasteiger partial charge in [0.25, 0.3) is 0 Å². The summed E-state index contributed by atoms with van der Waals surface area (Å²) in [6.45, 7) is 1.81. The molecule has 0 saturated heterocycles. The highest BCUT2D eigenvalue weighted by Crippen LogP contribution is 2.29. The number of hydrogen-bond donors (Lipinski definition) is 1. The average Bonchev–Trinajstić information content (AvgIpc) is 2.52. The van der Waals surface area contributed by atoms with E-state index in [0.29, 0.717) is 11.3 Å². The smallest absolute Gasteiger partial charge is 0.131 e. The van der Waals surface area contributed by atoms with Crippen molar-refractivity contribution in [3.63, 3.8) is 0 Å². The number of hydrogen-bond acceptors (Lipinski definition) is 1. The number of aryl methyl sites for hydroxylation is 1. The largest absolute Gasteiger partial charge is 0.398 e. The van der Waals surface area contributed by atoms with Gasteiger partial charge in [0.05, 0.1) is 0 Å². The van der Waals surface area contributed by atoms with E-state index in [1.54, 1.807) is 13.0 Å². The van der Waals surface area contributed by atoms with Crippen LogP contribution in [0.3, 0.4) is 0 Å². The van der Waals surface area contributed by atoms with Gasteiger partial charge >= 0.3 is 0 Å². The third kappa shape index (κ3) is 2.65. The fourth-order valence-corrected chi connectivity index (χ4v) is 2.38. The van der Waals surface area contributed by atoms with Crippen LogP contribution in [-0.2, 0) is 0 Å². The maximum atomic E-state index is 14.1. The van der Waals surface area contributed by atoms with Gasteiger partial charge in [-0.1, -0.05) is 54.6 Å². The predicted molar refractivity (Wildman–Crippen MR) is 86.4 cm³/mol. The van der Waals surface area contributed by atoms with Gasteiger partial charge in [0.1, 0.15) is 5.82 Å². The lowest BCUT2D eigenvalue weighted by molar-refractivity contribution is 0.630. The van der Waals surface area contributed by atoms with Crippen molar-refractivity contribution in [1.29, 1.82) is 0 Å². The molecule has 2 N–H and O–H groups in total. The van der Waals surface area contributed by atoms with E-state index in [2.05, 4.69) is 12.1 Å². The molecule has 0 fully saturated rings. The van der Waals surface area contributed by atoms with E-state index in [0.717, 1.165) is 22.3 Å². The van der Waals surface area contributed by atoms with E-state index in [4.69, 9.17) is 5.73 Å². The molecular weight excluding hydrogens is 261 g/mol. The minimum absolute atomic E-state index is 0.242. The Bertz CT molecular complexity index is 762.